The van der Waals surface area contributed by atoms with E-state index >= 15 is 0 Å². The highest BCUT2D eigenvalue weighted by Crippen LogP contribution is 2.71. The number of carbonyl (C=O) groups is 1. The smallest absolute Gasteiger partial charge is 0.307 e. The highest BCUT2D eigenvalue weighted by atomic mass is 16.4. The number of hydrogen-bond donors (Lipinski definition) is 1. The van der Waals surface area contributed by atoms with Gasteiger partial charge in [-0.3, -0.25) is 4.79 Å². The minimum absolute atomic E-state index is 0.0887. The van der Waals surface area contributed by atoms with Crippen molar-refractivity contribution in [2.75, 3.05) is 0 Å². The van der Waals surface area contributed by atoms with Crippen LogP contribution in [-0.2, 0) is 4.79 Å². The van der Waals surface area contributed by atoms with Crippen LogP contribution in [0.2, 0.25) is 0 Å². The first-order chi connectivity index (χ1) is 8.26. The summed E-state index contributed by atoms with van der Waals surface area (Å²) in [6.45, 7) is 0. The monoisotopic (exact) mass is 230 g/mol. The van der Waals surface area contributed by atoms with E-state index in [1.807, 2.05) is 18.2 Å². The Hall–Kier alpha value is -1.31. The van der Waals surface area contributed by atoms with E-state index in [9.17, 15) is 9.90 Å². The van der Waals surface area contributed by atoms with Crippen LogP contribution >= 0.6 is 0 Å². The van der Waals surface area contributed by atoms with Gasteiger partial charge in [-0.1, -0.05) is 49.6 Å². The Bertz CT molecular complexity index is 418. The first-order valence-electron chi connectivity index (χ1n) is 6.53. The second-order valence-electron chi connectivity index (χ2n) is 5.50. The summed E-state index contributed by atoms with van der Waals surface area (Å²) in [4.78, 5) is 11.4. The van der Waals surface area contributed by atoms with Crippen LogP contribution in [0, 0.1) is 11.3 Å². The first-order valence-corrected chi connectivity index (χ1v) is 6.53. The van der Waals surface area contributed by atoms with Crippen molar-refractivity contribution in [2.45, 2.75) is 38.0 Å². The quantitative estimate of drug-likeness (QED) is 0.845. The molecule has 0 heterocycles. The summed E-state index contributed by atoms with van der Waals surface area (Å²) in [7, 11) is 0. The minimum Gasteiger partial charge on any atom is -0.481 e. The van der Waals surface area contributed by atoms with Gasteiger partial charge in [0.1, 0.15) is 0 Å². The zero-order valence-corrected chi connectivity index (χ0v) is 9.93. The molecule has 2 fully saturated rings. The molecular formula is C15H18O2. The van der Waals surface area contributed by atoms with Gasteiger partial charge >= 0.3 is 5.97 Å². The molecule has 1 aromatic rings. The highest BCUT2D eigenvalue weighted by molar-refractivity contribution is 5.78. The van der Waals surface area contributed by atoms with Gasteiger partial charge in [0.15, 0.2) is 0 Å². The summed E-state index contributed by atoms with van der Waals surface area (Å²) in [5.41, 5.74) is 1.31. The van der Waals surface area contributed by atoms with E-state index in [0.717, 1.165) is 12.8 Å². The number of aliphatic carboxylic acids is 1. The third-order valence-electron chi connectivity index (χ3n) is 4.67. The molecule has 1 aromatic carbocycles. The molecule has 3 rings (SSSR count). The van der Waals surface area contributed by atoms with E-state index in [2.05, 4.69) is 12.1 Å². The van der Waals surface area contributed by atoms with Crippen molar-refractivity contribution in [3.05, 3.63) is 35.9 Å². The van der Waals surface area contributed by atoms with Crippen molar-refractivity contribution in [3.8, 4) is 0 Å². The third kappa shape index (κ3) is 1.58. The number of hydrogen-bond acceptors (Lipinski definition) is 1. The van der Waals surface area contributed by atoms with Crippen LogP contribution < -0.4 is 0 Å². The van der Waals surface area contributed by atoms with Gasteiger partial charge in [-0.2, -0.15) is 0 Å². The molecule has 2 atom stereocenters. The molecule has 2 saturated carbocycles. The van der Waals surface area contributed by atoms with Crippen molar-refractivity contribution >= 4 is 5.97 Å². The molecule has 0 amide bonds. The Balaban J connectivity index is 1.91. The SMILES string of the molecule is O=C(O)C1C(c2ccccc2)C12CCCCC2. The number of carboxylic acids is 1. The lowest BCUT2D eigenvalue weighted by Gasteiger charge is -2.22. The number of carboxylic acid groups (broad SMARTS) is 1. The van der Waals surface area contributed by atoms with Crippen molar-refractivity contribution in [1.82, 2.24) is 0 Å². The topological polar surface area (TPSA) is 37.3 Å². The van der Waals surface area contributed by atoms with E-state index in [1.54, 1.807) is 0 Å². The Kier molecular flexibility index (Phi) is 2.46. The fourth-order valence-corrected chi connectivity index (χ4v) is 3.90. The molecule has 0 aliphatic heterocycles. The van der Waals surface area contributed by atoms with Crippen LogP contribution in [0.25, 0.3) is 0 Å². The Morgan fingerprint density at radius 2 is 1.76 bits per heavy atom. The average Bonchev–Trinajstić information content (AvgIpc) is 2.99. The molecule has 0 radical (unpaired) electrons. The number of benzene rings is 1. The summed E-state index contributed by atoms with van der Waals surface area (Å²) in [6.07, 6.45) is 5.88. The Labute approximate surface area is 102 Å². The van der Waals surface area contributed by atoms with Crippen molar-refractivity contribution in [1.29, 1.82) is 0 Å². The molecule has 17 heavy (non-hydrogen) atoms. The van der Waals surface area contributed by atoms with E-state index in [0.29, 0.717) is 0 Å². The van der Waals surface area contributed by atoms with E-state index in [1.165, 1.54) is 24.8 Å². The maximum atomic E-state index is 11.4. The molecule has 0 bridgehead atoms. The molecule has 2 aliphatic rings. The maximum Gasteiger partial charge on any atom is 0.307 e. The lowest BCUT2D eigenvalue weighted by molar-refractivity contribution is -0.139. The van der Waals surface area contributed by atoms with Crippen molar-refractivity contribution in [3.63, 3.8) is 0 Å². The molecule has 0 saturated heterocycles. The summed E-state index contributed by atoms with van der Waals surface area (Å²) in [6, 6.07) is 10.2. The van der Waals surface area contributed by atoms with E-state index in [-0.39, 0.29) is 17.3 Å². The molecule has 2 nitrogen and oxygen atoms in total. The Morgan fingerprint density at radius 3 is 2.35 bits per heavy atom. The average molecular weight is 230 g/mol. The van der Waals surface area contributed by atoms with Gasteiger partial charge in [0, 0.05) is 5.92 Å². The fourth-order valence-electron chi connectivity index (χ4n) is 3.90. The van der Waals surface area contributed by atoms with Gasteiger partial charge < -0.3 is 5.11 Å². The summed E-state index contributed by atoms with van der Waals surface area (Å²) in [5.74, 6) is -0.465. The van der Waals surface area contributed by atoms with Gasteiger partial charge in [0.05, 0.1) is 5.92 Å². The maximum absolute atomic E-state index is 11.4. The van der Waals surface area contributed by atoms with E-state index < -0.39 is 5.97 Å². The molecular weight excluding hydrogens is 212 g/mol. The van der Waals surface area contributed by atoms with E-state index in [4.69, 9.17) is 0 Å². The molecule has 2 heteroatoms. The van der Waals surface area contributed by atoms with Crippen LogP contribution in [0.3, 0.4) is 0 Å². The van der Waals surface area contributed by atoms with Crippen LogP contribution in [-0.4, -0.2) is 11.1 Å². The predicted molar refractivity (Wildman–Crippen MR) is 65.8 cm³/mol. The lowest BCUT2D eigenvalue weighted by Crippen LogP contribution is -2.14. The molecule has 1 N–H and O–H groups in total. The van der Waals surface area contributed by atoms with Crippen LogP contribution in [0.4, 0.5) is 0 Å². The molecule has 1 spiro atoms. The fraction of sp³-hybridized carbons (Fsp3) is 0.533. The van der Waals surface area contributed by atoms with Gasteiger partial charge in [0.2, 0.25) is 0 Å². The normalized spacial score (nSPS) is 30.1. The summed E-state index contributed by atoms with van der Waals surface area (Å²) in [5, 5.41) is 9.40. The predicted octanol–water partition coefficient (Wildman–Crippen LogP) is 3.44. The van der Waals surface area contributed by atoms with Crippen LogP contribution in [0.15, 0.2) is 30.3 Å². The molecule has 0 aromatic heterocycles. The zero-order valence-electron chi connectivity index (χ0n) is 9.93. The summed E-state index contributed by atoms with van der Waals surface area (Å²) < 4.78 is 0. The second kappa shape index (κ2) is 3.86. The van der Waals surface area contributed by atoms with Gasteiger partial charge in [0.25, 0.3) is 0 Å². The lowest BCUT2D eigenvalue weighted by atomic mass is 9.82. The third-order valence-corrected chi connectivity index (χ3v) is 4.67. The standard InChI is InChI=1S/C15H18O2/c16-14(17)13-12(11-7-3-1-4-8-11)15(13)9-5-2-6-10-15/h1,3-4,7-8,12-13H,2,5-6,9-10H2,(H,16,17). The number of rotatable bonds is 2. The highest BCUT2D eigenvalue weighted by Gasteiger charge is 2.67. The summed E-state index contributed by atoms with van der Waals surface area (Å²) >= 11 is 0. The minimum atomic E-state index is -0.597. The van der Waals surface area contributed by atoms with Crippen molar-refractivity contribution < 1.29 is 9.90 Å². The van der Waals surface area contributed by atoms with Crippen LogP contribution in [0.1, 0.15) is 43.6 Å². The van der Waals surface area contributed by atoms with Gasteiger partial charge in [-0.15, -0.1) is 0 Å². The first kappa shape index (κ1) is 10.8. The largest absolute Gasteiger partial charge is 0.481 e. The van der Waals surface area contributed by atoms with Crippen molar-refractivity contribution in [2.24, 2.45) is 11.3 Å². The zero-order chi connectivity index (χ0) is 11.9. The van der Waals surface area contributed by atoms with Gasteiger partial charge in [-0.25, -0.2) is 0 Å². The second-order valence-corrected chi connectivity index (χ2v) is 5.50. The molecule has 2 aliphatic carbocycles. The molecule has 2 unspecified atom stereocenters. The van der Waals surface area contributed by atoms with Crippen LogP contribution in [0.5, 0.6) is 0 Å². The van der Waals surface area contributed by atoms with Gasteiger partial charge in [-0.05, 0) is 23.8 Å². The molecule has 90 valence electrons. The Morgan fingerprint density at radius 1 is 1.12 bits per heavy atom.